The van der Waals surface area contributed by atoms with Gasteiger partial charge in [0.1, 0.15) is 0 Å². The lowest BCUT2D eigenvalue weighted by Crippen LogP contribution is -1.90. The standard InChI is InChI=1S/C9H10O.C4H10.C2H6/c1-7-3-5-9(6-4-7)8(2)10;1-3-4-2;1-2/h3-6H,1-2H3;3-4H2,1-2H3;1-2H3. The molecule has 0 N–H and O–H groups in total. The van der Waals surface area contributed by atoms with Crippen LogP contribution in [0.25, 0.3) is 0 Å². The minimum absolute atomic E-state index is 0.125. The van der Waals surface area contributed by atoms with E-state index in [2.05, 4.69) is 13.8 Å². The van der Waals surface area contributed by atoms with Crippen LogP contribution in [0.1, 0.15) is 63.4 Å². The van der Waals surface area contributed by atoms with Gasteiger partial charge in [0.05, 0.1) is 0 Å². The number of ketones is 1. The van der Waals surface area contributed by atoms with Gasteiger partial charge in [-0.3, -0.25) is 4.79 Å². The first kappa shape index (κ1) is 17.3. The minimum atomic E-state index is 0.125. The first-order chi connectivity index (χ1) is 7.61. The molecule has 0 aliphatic rings. The van der Waals surface area contributed by atoms with Crippen molar-refractivity contribution in [3.63, 3.8) is 0 Å². The number of carbonyl (C=O) groups is 1. The van der Waals surface area contributed by atoms with Crippen molar-refractivity contribution in [1.29, 1.82) is 0 Å². The zero-order valence-corrected chi connectivity index (χ0v) is 11.6. The molecule has 0 aliphatic carbocycles. The third kappa shape index (κ3) is 9.45. The van der Waals surface area contributed by atoms with Crippen molar-refractivity contribution >= 4 is 5.78 Å². The Labute approximate surface area is 101 Å². The molecule has 0 aromatic heterocycles. The Kier molecular flexibility index (Phi) is 12.9. The van der Waals surface area contributed by atoms with Gasteiger partial charge in [0.25, 0.3) is 0 Å². The van der Waals surface area contributed by atoms with Crippen molar-refractivity contribution in [2.75, 3.05) is 0 Å². The van der Waals surface area contributed by atoms with Crippen LogP contribution in [0.3, 0.4) is 0 Å². The van der Waals surface area contributed by atoms with Gasteiger partial charge in [-0.05, 0) is 13.8 Å². The molecule has 0 spiro atoms. The van der Waals surface area contributed by atoms with Crippen LogP contribution in [0.15, 0.2) is 24.3 Å². The molecule has 0 radical (unpaired) electrons. The normalized spacial score (nSPS) is 8.12. The molecule has 1 nitrogen and oxygen atoms in total. The molecule has 0 atom stereocenters. The molecule has 0 saturated carbocycles. The van der Waals surface area contributed by atoms with E-state index >= 15 is 0 Å². The van der Waals surface area contributed by atoms with Gasteiger partial charge in [0.15, 0.2) is 5.78 Å². The topological polar surface area (TPSA) is 17.1 Å². The molecule has 0 bridgehead atoms. The summed E-state index contributed by atoms with van der Waals surface area (Å²) in [5.41, 5.74) is 1.97. The summed E-state index contributed by atoms with van der Waals surface area (Å²) in [7, 11) is 0. The SMILES string of the molecule is CC.CC(=O)c1ccc(C)cc1.CCCC. The van der Waals surface area contributed by atoms with Crippen LogP contribution in [0.2, 0.25) is 0 Å². The van der Waals surface area contributed by atoms with E-state index in [-0.39, 0.29) is 5.78 Å². The van der Waals surface area contributed by atoms with Crippen LogP contribution < -0.4 is 0 Å². The van der Waals surface area contributed by atoms with Crippen LogP contribution in [0, 0.1) is 6.92 Å². The second kappa shape index (κ2) is 12.0. The van der Waals surface area contributed by atoms with Crippen molar-refractivity contribution in [1.82, 2.24) is 0 Å². The molecule has 1 aromatic rings. The molecule has 0 heterocycles. The highest BCUT2D eigenvalue weighted by molar-refractivity contribution is 5.93. The highest BCUT2D eigenvalue weighted by atomic mass is 16.1. The second-order valence-corrected chi connectivity index (χ2v) is 3.42. The van der Waals surface area contributed by atoms with Crippen molar-refractivity contribution in [2.45, 2.75) is 54.4 Å². The van der Waals surface area contributed by atoms with E-state index < -0.39 is 0 Å². The Morgan fingerprint density at radius 2 is 1.38 bits per heavy atom. The average Bonchev–Trinajstić information content (AvgIpc) is 2.32. The van der Waals surface area contributed by atoms with E-state index in [1.165, 1.54) is 18.4 Å². The van der Waals surface area contributed by atoms with Gasteiger partial charge in [0.2, 0.25) is 0 Å². The molecule has 0 amide bonds. The maximum atomic E-state index is 10.8. The highest BCUT2D eigenvalue weighted by Crippen LogP contribution is 2.02. The van der Waals surface area contributed by atoms with Gasteiger partial charge in [-0.15, -0.1) is 0 Å². The molecule has 1 heteroatoms. The molecule has 0 aliphatic heterocycles. The van der Waals surface area contributed by atoms with Gasteiger partial charge in [0, 0.05) is 5.56 Å². The maximum Gasteiger partial charge on any atom is 0.159 e. The number of Topliss-reactive ketones (excluding diaryl/α,β-unsaturated/α-hetero) is 1. The van der Waals surface area contributed by atoms with Gasteiger partial charge in [-0.2, -0.15) is 0 Å². The monoisotopic (exact) mass is 222 g/mol. The summed E-state index contributed by atoms with van der Waals surface area (Å²) in [6.45, 7) is 11.9. The van der Waals surface area contributed by atoms with Crippen molar-refractivity contribution in [3.8, 4) is 0 Å². The van der Waals surface area contributed by atoms with E-state index in [4.69, 9.17) is 0 Å². The van der Waals surface area contributed by atoms with E-state index in [9.17, 15) is 4.79 Å². The largest absolute Gasteiger partial charge is 0.295 e. The fourth-order valence-corrected chi connectivity index (χ4v) is 0.788. The summed E-state index contributed by atoms with van der Waals surface area (Å²) >= 11 is 0. The Balaban J connectivity index is 0. The van der Waals surface area contributed by atoms with Gasteiger partial charge in [-0.25, -0.2) is 0 Å². The van der Waals surface area contributed by atoms with Crippen LogP contribution in [0.4, 0.5) is 0 Å². The van der Waals surface area contributed by atoms with Crippen LogP contribution >= 0.6 is 0 Å². The smallest absolute Gasteiger partial charge is 0.159 e. The van der Waals surface area contributed by atoms with E-state index in [1.54, 1.807) is 6.92 Å². The fraction of sp³-hybridized carbons (Fsp3) is 0.533. The summed E-state index contributed by atoms with van der Waals surface area (Å²) in [6.07, 6.45) is 2.64. The average molecular weight is 222 g/mol. The summed E-state index contributed by atoms with van der Waals surface area (Å²) in [6, 6.07) is 7.57. The zero-order chi connectivity index (χ0) is 13.0. The first-order valence-corrected chi connectivity index (χ1v) is 6.19. The van der Waals surface area contributed by atoms with Crippen LogP contribution in [-0.2, 0) is 0 Å². The maximum absolute atomic E-state index is 10.8. The lowest BCUT2D eigenvalue weighted by atomic mass is 10.1. The van der Waals surface area contributed by atoms with E-state index in [0.717, 1.165) is 5.56 Å². The Morgan fingerprint density at radius 3 is 1.62 bits per heavy atom. The molecule has 92 valence electrons. The quantitative estimate of drug-likeness (QED) is 0.641. The Morgan fingerprint density at radius 1 is 1.00 bits per heavy atom. The van der Waals surface area contributed by atoms with Gasteiger partial charge in [-0.1, -0.05) is 70.4 Å². The van der Waals surface area contributed by atoms with Crippen molar-refractivity contribution in [3.05, 3.63) is 35.4 Å². The highest BCUT2D eigenvalue weighted by Gasteiger charge is 1.95. The summed E-state index contributed by atoms with van der Waals surface area (Å²) in [5.74, 6) is 0.125. The van der Waals surface area contributed by atoms with E-state index in [0.29, 0.717) is 0 Å². The number of hydrogen-bond acceptors (Lipinski definition) is 1. The fourth-order valence-electron chi connectivity index (χ4n) is 0.788. The second-order valence-electron chi connectivity index (χ2n) is 3.42. The van der Waals surface area contributed by atoms with Crippen LogP contribution in [0.5, 0.6) is 0 Å². The molecule has 0 fully saturated rings. The number of hydrogen-bond donors (Lipinski definition) is 0. The third-order valence-corrected chi connectivity index (χ3v) is 1.96. The predicted molar refractivity (Wildman–Crippen MR) is 73.1 cm³/mol. The molecule has 1 aromatic carbocycles. The molecular formula is C15H26O. The van der Waals surface area contributed by atoms with Gasteiger partial charge >= 0.3 is 0 Å². The Bertz CT molecular complexity index is 257. The lowest BCUT2D eigenvalue weighted by Gasteiger charge is -1.93. The zero-order valence-electron chi connectivity index (χ0n) is 11.6. The third-order valence-electron chi connectivity index (χ3n) is 1.96. The Hall–Kier alpha value is -1.11. The van der Waals surface area contributed by atoms with E-state index in [1.807, 2.05) is 45.0 Å². The first-order valence-electron chi connectivity index (χ1n) is 6.19. The number of rotatable bonds is 2. The van der Waals surface area contributed by atoms with Gasteiger partial charge < -0.3 is 0 Å². The predicted octanol–water partition coefficient (Wildman–Crippen LogP) is 5.03. The summed E-state index contributed by atoms with van der Waals surface area (Å²) in [4.78, 5) is 10.8. The molecule has 1 rings (SSSR count). The molecule has 0 saturated heterocycles. The number of benzene rings is 1. The van der Waals surface area contributed by atoms with Crippen LogP contribution in [-0.4, -0.2) is 5.78 Å². The lowest BCUT2D eigenvalue weighted by molar-refractivity contribution is 0.101. The minimum Gasteiger partial charge on any atom is -0.295 e. The molecule has 0 unspecified atom stereocenters. The number of carbonyl (C=O) groups excluding carboxylic acids is 1. The van der Waals surface area contributed by atoms with Crippen molar-refractivity contribution in [2.24, 2.45) is 0 Å². The summed E-state index contributed by atoms with van der Waals surface area (Å²) in [5, 5.41) is 0. The number of unbranched alkanes of at least 4 members (excludes halogenated alkanes) is 1. The molecular weight excluding hydrogens is 196 g/mol. The molecule has 16 heavy (non-hydrogen) atoms. The van der Waals surface area contributed by atoms with Crippen molar-refractivity contribution < 1.29 is 4.79 Å². The summed E-state index contributed by atoms with van der Waals surface area (Å²) < 4.78 is 0. The number of aryl methyl sites for hydroxylation is 1.